The normalized spacial score (nSPS) is 9.56. The fraction of sp³-hybridized carbons (Fsp3) is 0.167. The van der Waals surface area contributed by atoms with Gasteiger partial charge in [-0.2, -0.15) is 0 Å². The summed E-state index contributed by atoms with van der Waals surface area (Å²) >= 11 is 5.52. The topological polar surface area (TPSA) is 30.2 Å². The number of halogens is 1. The molecule has 9 heavy (non-hydrogen) atoms. The third-order valence-electron chi connectivity index (χ3n) is 0.994. The molecule has 0 unspecified atom stereocenters. The van der Waals surface area contributed by atoms with E-state index >= 15 is 0 Å². The van der Waals surface area contributed by atoms with Gasteiger partial charge in [-0.25, -0.2) is 0 Å². The number of carbonyl (C=O) groups is 1. The van der Waals surface area contributed by atoms with E-state index in [9.17, 15) is 4.79 Å². The molecule has 0 N–H and O–H groups in total. The van der Waals surface area contributed by atoms with Crippen LogP contribution < -0.4 is 0 Å². The van der Waals surface area contributed by atoms with Gasteiger partial charge in [0, 0.05) is 0 Å². The van der Waals surface area contributed by atoms with Crippen LogP contribution in [0.2, 0.25) is 5.02 Å². The summed E-state index contributed by atoms with van der Waals surface area (Å²) in [6.07, 6.45) is 2.67. The van der Waals surface area contributed by atoms with Crippen LogP contribution in [0.15, 0.2) is 16.9 Å². The zero-order valence-electron chi connectivity index (χ0n) is 4.85. The van der Waals surface area contributed by atoms with E-state index in [2.05, 4.69) is 4.42 Å². The Balaban J connectivity index is 3.08. The van der Waals surface area contributed by atoms with E-state index in [1.807, 2.05) is 0 Å². The molecule has 0 atom stereocenters. The van der Waals surface area contributed by atoms with Crippen molar-refractivity contribution in [2.45, 2.75) is 6.92 Å². The average Bonchev–Trinajstić information content (AvgIpc) is 2.13. The molecule has 48 valence electrons. The highest BCUT2D eigenvalue weighted by Gasteiger charge is 2.05. The summed E-state index contributed by atoms with van der Waals surface area (Å²) in [5.41, 5.74) is 0.441. The molecule has 0 spiro atoms. The number of rotatable bonds is 1. The van der Waals surface area contributed by atoms with Crippen LogP contribution in [0.4, 0.5) is 0 Å². The molecule has 0 radical (unpaired) electrons. The minimum Gasteiger partial charge on any atom is -0.470 e. The van der Waals surface area contributed by atoms with Crippen molar-refractivity contribution in [2.24, 2.45) is 0 Å². The Morgan fingerprint density at radius 2 is 2.33 bits per heavy atom. The zero-order chi connectivity index (χ0) is 6.85. The molecular formula is C6H5ClO2. The summed E-state index contributed by atoms with van der Waals surface area (Å²) in [6, 6.07) is 0. The molecule has 0 saturated heterocycles. The maximum atomic E-state index is 10.6. The van der Waals surface area contributed by atoms with Gasteiger partial charge < -0.3 is 4.42 Å². The quantitative estimate of drug-likeness (QED) is 0.566. The van der Waals surface area contributed by atoms with Crippen LogP contribution in [-0.2, 0) is 0 Å². The highest BCUT2D eigenvalue weighted by Crippen LogP contribution is 2.16. The van der Waals surface area contributed by atoms with Crippen molar-refractivity contribution in [3.63, 3.8) is 0 Å². The number of ketones is 1. The smallest absolute Gasteiger partial charge is 0.164 e. The van der Waals surface area contributed by atoms with Gasteiger partial charge in [0.05, 0.1) is 10.6 Å². The Morgan fingerprint density at radius 1 is 1.67 bits per heavy atom. The van der Waals surface area contributed by atoms with Gasteiger partial charge in [0.25, 0.3) is 0 Å². The molecule has 0 amide bonds. The van der Waals surface area contributed by atoms with Crippen molar-refractivity contribution < 1.29 is 9.21 Å². The van der Waals surface area contributed by atoms with Crippen LogP contribution in [0.3, 0.4) is 0 Å². The Morgan fingerprint density at radius 3 is 2.56 bits per heavy atom. The lowest BCUT2D eigenvalue weighted by Crippen LogP contribution is -1.87. The van der Waals surface area contributed by atoms with Crippen LogP contribution in [-0.4, -0.2) is 5.78 Å². The predicted molar refractivity (Wildman–Crippen MR) is 33.7 cm³/mol. The molecule has 0 aliphatic heterocycles. The van der Waals surface area contributed by atoms with E-state index in [-0.39, 0.29) is 5.78 Å². The first-order valence-corrected chi connectivity index (χ1v) is 2.82. The van der Waals surface area contributed by atoms with Crippen molar-refractivity contribution in [1.82, 2.24) is 0 Å². The molecule has 1 rings (SSSR count). The number of hydrogen-bond donors (Lipinski definition) is 0. The van der Waals surface area contributed by atoms with Gasteiger partial charge in [-0.3, -0.25) is 4.79 Å². The summed E-state index contributed by atoms with van der Waals surface area (Å²) in [4.78, 5) is 10.6. The van der Waals surface area contributed by atoms with Gasteiger partial charge in [-0.05, 0) is 6.92 Å². The van der Waals surface area contributed by atoms with Crippen molar-refractivity contribution in [3.05, 3.63) is 23.1 Å². The van der Waals surface area contributed by atoms with Crippen molar-refractivity contribution in [2.75, 3.05) is 0 Å². The minimum absolute atomic E-state index is 0.0752. The van der Waals surface area contributed by atoms with Gasteiger partial charge in [0.15, 0.2) is 5.78 Å². The molecule has 0 aromatic carbocycles. The molecule has 1 aromatic rings. The number of Topliss-reactive ketones (excluding diaryl/α,β-unsaturated/α-hetero) is 1. The molecule has 1 aromatic heterocycles. The zero-order valence-corrected chi connectivity index (χ0v) is 5.61. The SMILES string of the molecule is CC(=O)c1cocc1Cl. The number of furan rings is 1. The van der Waals surface area contributed by atoms with Crippen LogP contribution >= 0.6 is 11.6 Å². The molecule has 0 bridgehead atoms. The largest absolute Gasteiger partial charge is 0.470 e. The molecule has 0 saturated carbocycles. The molecule has 0 aliphatic rings. The highest BCUT2D eigenvalue weighted by molar-refractivity contribution is 6.33. The first-order valence-electron chi connectivity index (χ1n) is 2.44. The van der Waals surface area contributed by atoms with Crippen LogP contribution in [0.25, 0.3) is 0 Å². The van der Waals surface area contributed by atoms with Gasteiger partial charge in [0.1, 0.15) is 12.5 Å². The van der Waals surface area contributed by atoms with E-state index < -0.39 is 0 Å². The second-order valence-electron chi connectivity index (χ2n) is 1.69. The van der Waals surface area contributed by atoms with E-state index in [0.717, 1.165) is 0 Å². The summed E-state index contributed by atoms with van der Waals surface area (Å²) in [6.45, 7) is 1.44. The lowest BCUT2D eigenvalue weighted by atomic mass is 10.2. The monoisotopic (exact) mass is 144 g/mol. The van der Waals surface area contributed by atoms with Gasteiger partial charge in [-0.1, -0.05) is 11.6 Å². The fourth-order valence-corrected chi connectivity index (χ4v) is 0.762. The third kappa shape index (κ3) is 1.13. The maximum Gasteiger partial charge on any atom is 0.164 e. The molecule has 0 fully saturated rings. The Bertz CT molecular complexity index is 227. The van der Waals surface area contributed by atoms with Gasteiger partial charge >= 0.3 is 0 Å². The third-order valence-corrected chi connectivity index (χ3v) is 1.29. The lowest BCUT2D eigenvalue weighted by molar-refractivity contribution is 0.101. The molecule has 0 aliphatic carbocycles. The predicted octanol–water partition coefficient (Wildman–Crippen LogP) is 2.14. The first kappa shape index (κ1) is 6.36. The highest BCUT2D eigenvalue weighted by atomic mass is 35.5. The van der Waals surface area contributed by atoms with E-state index in [0.29, 0.717) is 10.6 Å². The second kappa shape index (κ2) is 2.23. The summed E-state index contributed by atoms with van der Waals surface area (Å²) in [5.74, 6) is -0.0752. The minimum atomic E-state index is -0.0752. The second-order valence-corrected chi connectivity index (χ2v) is 2.10. The first-order chi connectivity index (χ1) is 4.22. The molecule has 1 heterocycles. The van der Waals surface area contributed by atoms with Crippen molar-refractivity contribution in [1.29, 1.82) is 0 Å². The van der Waals surface area contributed by atoms with Crippen LogP contribution in [0, 0.1) is 0 Å². The summed E-state index contributed by atoms with van der Waals surface area (Å²) in [5, 5.41) is 0.377. The lowest BCUT2D eigenvalue weighted by Gasteiger charge is -1.83. The van der Waals surface area contributed by atoms with E-state index in [1.165, 1.54) is 19.5 Å². The van der Waals surface area contributed by atoms with Crippen LogP contribution in [0.1, 0.15) is 17.3 Å². The van der Waals surface area contributed by atoms with Crippen LogP contribution in [0.5, 0.6) is 0 Å². The fourth-order valence-electron chi connectivity index (χ4n) is 0.533. The Labute approximate surface area is 57.4 Å². The number of hydrogen-bond acceptors (Lipinski definition) is 2. The van der Waals surface area contributed by atoms with Gasteiger partial charge in [-0.15, -0.1) is 0 Å². The molecular weight excluding hydrogens is 140 g/mol. The number of carbonyl (C=O) groups excluding carboxylic acids is 1. The summed E-state index contributed by atoms with van der Waals surface area (Å²) < 4.78 is 4.65. The van der Waals surface area contributed by atoms with E-state index in [1.54, 1.807) is 0 Å². The maximum absolute atomic E-state index is 10.6. The Hall–Kier alpha value is -0.760. The standard InChI is InChI=1S/C6H5ClO2/c1-4(8)5-2-9-3-6(5)7/h2-3H,1H3. The van der Waals surface area contributed by atoms with Gasteiger partial charge in [0.2, 0.25) is 0 Å². The Kier molecular flexibility index (Phi) is 1.58. The van der Waals surface area contributed by atoms with Crippen molar-refractivity contribution in [3.8, 4) is 0 Å². The summed E-state index contributed by atoms with van der Waals surface area (Å²) in [7, 11) is 0. The van der Waals surface area contributed by atoms with Crippen molar-refractivity contribution >= 4 is 17.4 Å². The average molecular weight is 145 g/mol. The van der Waals surface area contributed by atoms with E-state index in [4.69, 9.17) is 11.6 Å². The molecule has 2 nitrogen and oxygen atoms in total. The molecule has 3 heteroatoms.